The predicted octanol–water partition coefficient (Wildman–Crippen LogP) is 3.24. The number of benzene rings is 2. The molecule has 168 valence electrons. The van der Waals surface area contributed by atoms with E-state index in [4.69, 9.17) is 35.5 Å². The van der Waals surface area contributed by atoms with E-state index in [-0.39, 0.29) is 11.3 Å². The lowest BCUT2D eigenvalue weighted by Gasteiger charge is -2.51. The molecule has 0 spiro atoms. The Labute approximate surface area is 187 Å². The van der Waals surface area contributed by atoms with Crippen LogP contribution in [0.1, 0.15) is 40.1 Å². The molecule has 0 N–H and O–H groups in total. The van der Waals surface area contributed by atoms with Crippen molar-refractivity contribution in [1.82, 2.24) is 0 Å². The van der Waals surface area contributed by atoms with Gasteiger partial charge in [0.1, 0.15) is 5.56 Å². The molecule has 3 heterocycles. The normalized spacial score (nSPS) is 24.4. The lowest BCUT2D eigenvalue weighted by molar-refractivity contribution is -0.932. The van der Waals surface area contributed by atoms with Gasteiger partial charge in [-0.1, -0.05) is 6.07 Å². The number of quaternary nitrogens is 1. The van der Waals surface area contributed by atoms with Crippen LogP contribution in [0.25, 0.3) is 0 Å². The van der Waals surface area contributed by atoms with E-state index < -0.39 is 17.6 Å². The number of esters is 1. The minimum atomic E-state index is -0.888. The predicted molar refractivity (Wildman–Crippen MR) is 113 cm³/mol. The zero-order valence-electron chi connectivity index (χ0n) is 18.8. The van der Waals surface area contributed by atoms with Crippen LogP contribution in [0, 0.1) is 7.05 Å². The molecule has 3 aliphatic rings. The van der Waals surface area contributed by atoms with Crippen LogP contribution in [-0.2, 0) is 16.7 Å². The van der Waals surface area contributed by atoms with E-state index in [1.54, 1.807) is 13.2 Å². The number of likely N-dealkylation sites (N-methyl/N-ethyl adjacent to an activating group) is 1. The van der Waals surface area contributed by atoms with Gasteiger partial charge >= 0.3 is 5.97 Å². The summed E-state index contributed by atoms with van der Waals surface area (Å²) in [5.41, 5.74) is 2.03. The molecule has 0 aliphatic carbocycles. The quantitative estimate of drug-likeness (QED) is 0.534. The Kier molecular flexibility index (Phi) is 4.50. The maximum absolute atomic E-state index is 13.1. The van der Waals surface area contributed by atoms with Crippen molar-refractivity contribution in [2.75, 3.05) is 41.7 Å². The Morgan fingerprint density at radius 3 is 2.56 bits per heavy atom. The third kappa shape index (κ3) is 2.50. The first kappa shape index (κ1) is 20.8. The monoisotopic (exact) mass is 440 g/mol. The molecule has 2 aromatic carbocycles. The molecule has 0 saturated carbocycles. The molecule has 8 heteroatoms. The molecule has 0 fully saturated rings. The Bertz CT molecular complexity index is 1130. The van der Waals surface area contributed by atoms with Crippen molar-refractivity contribution < 1.29 is 37.7 Å². The van der Waals surface area contributed by atoms with Crippen LogP contribution in [0.3, 0.4) is 0 Å². The van der Waals surface area contributed by atoms with Crippen molar-refractivity contribution in [3.05, 3.63) is 47.5 Å². The van der Waals surface area contributed by atoms with Crippen LogP contribution in [0.15, 0.2) is 18.2 Å². The standard InChI is InChI=1S/C24H26NO7/c1-24(22-14-7-8-15(27-4)19(28-5)17(14)23(26)32-22)18-13(9-10-25(24,2)3)11-16-20(21(18)29-6)31-12-30-16/h2,7-8,11,22H,9-10,12H2,1,3-6H3/q+1. The van der Waals surface area contributed by atoms with Crippen LogP contribution in [0.2, 0.25) is 0 Å². The van der Waals surface area contributed by atoms with E-state index in [2.05, 4.69) is 0 Å². The van der Waals surface area contributed by atoms with E-state index in [1.165, 1.54) is 14.2 Å². The van der Waals surface area contributed by atoms with Gasteiger partial charge in [-0.3, -0.25) is 0 Å². The molecule has 2 aromatic rings. The lowest BCUT2D eigenvalue weighted by Crippen LogP contribution is -2.60. The number of hydrogen-bond acceptors (Lipinski definition) is 7. The summed E-state index contributed by atoms with van der Waals surface area (Å²) in [4.78, 5) is 13.1. The Morgan fingerprint density at radius 2 is 1.88 bits per heavy atom. The van der Waals surface area contributed by atoms with Gasteiger partial charge in [0.15, 0.2) is 34.6 Å². The molecule has 0 bridgehead atoms. The third-order valence-corrected chi connectivity index (χ3v) is 7.12. The fourth-order valence-corrected chi connectivity index (χ4v) is 5.27. The molecule has 2 radical (unpaired) electrons. The molecule has 0 saturated heterocycles. The maximum Gasteiger partial charge on any atom is 0.343 e. The van der Waals surface area contributed by atoms with Crippen LogP contribution >= 0.6 is 0 Å². The highest BCUT2D eigenvalue weighted by Crippen LogP contribution is 2.59. The van der Waals surface area contributed by atoms with Crippen molar-refractivity contribution in [1.29, 1.82) is 0 Å². The lowest BCUT2D eigenvalue weighted by atomic mass is 9.73. The largest absolute Gasteiger partial charge is 0.493 e. The second kappa shape index (κ2) is 6.93. The van der Waals surface area contributed by atoms with Crippen molar-refractivity contribution in [3.8, 4) is 28.7 Å². The van der Waals surface area contributed by atoms with Crippen LogP contribution in [-0.4, -0.2) is 52.2 Å². The summed E-state index contributed by atoms with van der Waals surface area (Å²) in [7, 11) is 13.5. The zero-order valence-corrected chi connectivity index (χ0v) is 18.8. The topological polar surface area (TPSA) is 72.5 Å². The molecule has 3 atom stereocenters. The van der Waals surface area contributed by atoms with Gasteiger partial charge in [0.2, 0.25) is 19.6 Å². The van der Waals surface area contributed by atoms with Crippen molar-refractivity contribution in [2.45, 2.75) is 25.0 Å². The molecule has 8 nitrogen and oxygen atoms in total. The molecule has 5 rings (SSSR count). The summed E-state index contributed by atoms with van der Waals surface area (Å²) in [5, 5.41) is 0. The number of nitrogens with zero attached hydrogens (tertiary/aromatic N) is 1. The van der Waals surface area contributed by atoms with Gasteiger partial charge < -0.3 is 32.9 Å². The van der Waals surface area contributed by atoms with E-state index in [0.29, 0.717) is 52.8 Å². The van der Waals surface area contributed by atoms with Crippen molar-refractivity contribution in [3.63, 3.8) is 0 Å². The molecule has 0 amide bonds. The maximum atomic E-state index is 13.1. The number of ether oxygens (including phenoxy) is 6. The number of carbonyl (C=O) groups excluding carboxylic acids is 1. The average molecular weight is 440 g/mol. The van der Waals surface area contributed by atoms with Crippen molar-refractivity contribution >= 4 is 5.97 Å². The minimum Gasteiger partial charge on any atom is -0.493 e. The Balaban J connectivity index is 1.78. The van der Waals surface area contributed by atoms with Gasteiger partial charge in [-0.25, -0.2) is 4.79 Å². The second-order valence-electron chi connectivity index (χ2n) is 8.62. The molecule has 3 unspecified atom stereocenters. The molecule has 32 heavy (non-hydrogen) atoms. The van der Waals surface area contributed by atoms with E-state index in [9.17, 15) is 4.79 Å². The van der Waals surface area contributed by atoms with E-state index in [0.717, 1.165) is 11.1 Å². The number of rotatable bonds is 4. The minimum absolute atomic E-state index is 0.0851. The van der Waals surface area contributed by atoms with E-state index in [1.807, 2.05) is 26.1 Å². The van der Waals surface area contributed by atoms with Gasteiger partial charge in [0, 0.05) is 12.0 Å². The summed E-state index contributed by atoms with van der Waals surface area (Å²) < 4.78 is 34.2. The molecular weight excluding hydrogens is 414 g/mol. The third-order valence-electron chi connectivity index (χ3n) is 7.12. The number of fused-ring (bicyclic) bond motifs is 3. The van der Waals surface area contributed by atoms with Crippen molar-refractivity contribution in [2.24, 2.45) is 0 Å². The highest BCUT2D eigenvalue weighted by atomic mass is 16.7. The first-order valence-electron chi connectivity index (χ1n) is 10.4. The van der Waals surface area contributed by atoms with Gasteiger partial charge in [0.25, 0.3) is 0 Å². The zero-order chi connectivity index (χ0) is 22.8. The van der Waals surface area contributed by atoms with Gasteiger partial charge in [-0.2, -0.15) is 0 Å². The SMILES string of the molecule is [CH][N+]1(C)CCc2cc3c(c(OC)c2C1(C)C1OC(=O)c2c1ccc(OC)c2OC)OCO3. The summed E-state index contributed by atoms with van der Waals surface area (Å²) in [5.74, 6) is 2.07. The fraction of sp³-hybridized carbons (Fsp3) is 0.417. The van der Waals surface area contributed by atoms with Gasteiger partial charge in [-0.05, 0) is 24.6 Å². The van der Waals surface area contributed by atoms with Crippen LogP contribution in [0.5, 0.6) is 28.7 Å². The second-order valence-corrected chi connectivity index (χ2v) is 8.62. The average Bonchev–Trinajstić information content (AvgIpc) is 3.39. The molecular formula is C24H26NO7+. The summed E-state index contributed by atoms with van der Waals surface area (Å²) in [6.45, 7) is 2.75. The number of cyclic esters (lactones) is 1. The number of hydrogen-bond donors (Lipinski definition) is 0. The highest BCUT2D eigenvalue weighted by Gasteiger charge is 2.61. The fourth-order valence-electron chi connectivity index (χ4n) is 5.27. The first-order chi connectivity index (χ1) is 15.3. The first-order valence-corrected chi connectivity index (χ1v) is 10.4. The summed E-state index contributed by atoms with van der Waals surface area (Å²) >= 11 is 0. The highest BCUT2D eigenvalue weighted by molar-refractivity contribution is 5.98. The Morgan fingerprint density at radius 1 is 1.12 bits per heavy atom. The van der Waals surface area contributed by atoms with E-state index >= 15 is 0 Å². The number of carbonyl (C=O) groups is 1. The van der Waals surface area contributed by atoms with Gasteiger partial charge in [-0.15, -0.1) is 0 Å². The van der Waals surface area contributed by atoms with Crippen LogP contribution in [0.4, 0.5) is 0 Å². The molecule has 3 aliphatic heterocycles. The Hall–Kier alpha value is -3.13. The molecule has 0 aromatic heterocycles. The van der Waals surface area contributed by atoms with Gasteiger partial charge in [0.05, 0.1) is 40.5 Å². The number of methoxy groups -OCH3 is 3. The summed E-state index contributed by atoms with van der Waals surface area (Å²) in [6, 6.07) is 5.59. The summed E-state index contributed by atoms with van der Waals surface area (Å²) in [6.07, 6.45) is 0.0258. The smallest absolute Gasteiger partial charge is 0.343 e. The van der Waals surface area contributed by atoms with Crippen LogP contribution < -0.4 is 23.7 Å².